The number of carbonyl (C=O) groups is 1. The van der Waals surface area contributed by atoms with Crippen molar-refractivity contribution in [3.8, 4) is 0 Å². The summed E-state index contributed by atoms with van der Waals surface area (Å²) in [4.78, 5) is 12.8. The van der Waals surface area contributed by atoms with E-state index in [1.165, 1.54) is 4.90 Å². The first-order chi connectivity index (χ1) is 7.45. The van der Waals surface area contributed by atoms with Crippen molar-refractivity contribution >= 4 is 23.3 Å². The lowest BCUT2D eigenvalue weighted by Crippen LogP contribution is -2.31. The molecule has 0 saturated carbocycles. The maximum Gasteiger partial charge on any atom is 0.321 e. The summed E-state index contributed by atoms with van der Waals surface area (Å²) in [6.45, 7) is 2.23. The number of amides is 2. The number of hydrogen-bond donors (Lipinski definition) is 1. The molecule has 3 nitrogen and oxygen atoms in total. The number of rotatable bonds is 2. The number of nitrogens with one attached hydrogen (secondary N) is 1. The Balaban J connectivity index is 2.93. The highest BCUT2D eigenvalue weighted by atomic mass is 35.5. The van der Waals surface area contributed by atoms with Crippen LogP contribution in [0, 0.1) is 11.6 Å². The summed E-state index contributed by atoms with van der Waals surface area (Å²) in [5.41, 5.74) is -0.214. The predicted octanol–water partition coefficient (Wildman–Crippen LogP) is 3.10. The van der Waals surface area contributed by atoms with Crippen LogP contribution in [0.3, 0.4) is 0 Å². The Labute approximate surface area is 97.0 Å². The van der Waals surface area contributed by atoms with Crippen LogP contribution in [0.25, 0.3) is 0 Å². The van der Waals surface area contributed by atoms with Crippen LogP contribution < -0.4 is 5.32 Å². The Morgan fingerprint density at radius 1 is 1.50 bits per heavy atom. The van der Waals surface area contributed by atoms with Crippen LogP contribution in [-0.2, 0) is 0 Å². The molecule has 1 N–H and O–H groups in total. The first-order valence-corrected chi connectivity index (χ1v) is 5.00. The second-order valence-corrected chi connectivity index (χ2v) is 3.60. The fourth-order valence-corrected chi connectivity index (χ4v) is 1.25. The van der Waals surface area contributed by atoms with Gasteiger partial charge in [-0.3, -0.25) is 0 Å². The fourth-order valence-electron chi connectivity index (χ4n) is 1.01. The van der Waals surface area contributed by atoms with Crippen LogP contribution in [0.1, 0.15) is 6.92 Å². The third kappa shape index (κ3) is 2.82. The normalized spacial score (nSPS) is 10.1. The summed E-state index contributed by atoms with van der Waals surface area (Å²) < 4.78 is 26.0. The van der Waals surface area contributed by atoms with E-state index in [-0.39, 0.29) is 10.7 Å². The number of anilines is 1. The molecule has 1 aromatic carbocycles. The highest BCUT2D eigenvalue weighted by Crippen LogP contribution is 2.26. The highest BCUT2D eigenvalue weighted by molar-refractivity contribution is 6.33. The summed E-state index contributed by atoms with van der Waals surface area (Å²) in [5.74, 6) is -1.69. The minimum Gasteiger partial charge on any atom is -0.328 e. The molecule has 0 bridgehead atoms. The van der Waals surface area contributed by atoms with Crippen LogP contribution in [0.15, 0.2) is 12.1 Å². The maximum absolute atomic E-state index is 13.3. The van der Waals surface area contributed by atoms with Gasteiger partial charge >= 0.3 is 6.03 Å². The van der Waals surface area contributed by atoms with Gasteiger partial charge in [0, 0.05) is 19.7 Å². The quantitative estimate of drug-likeness (QED) is 0.857. The molecular weight excluding hydrogens is 238 g/mol. The highest BCUT2D eigenvalue weighted by Gasteiger charge is 2.14. The van der Waals surface area contributed by atoms with Crippen LogP contribution in [0.4, 0.5) is 19.3 Å². The Bertz CT molecular complexity index is 389. The fraction of sp³-hybridized carbons (Fsp3) is 0.300. The average molecular weight is 249 g/mol. The molecule has 0 saturated heterocycles. The van der Waals surface area contributed by atoms with Crippen LogP contribution in [0.5, 0.6) is 0 Å². The van der Waals surface area contributed by atoms with Crippen molar-refractivity contribution in [3.05, 3.63) is 28.8 Å². The lowest BCUT2D eigenvalue weighted by molar-refractivity contribution is 0.224. The van der Waals surface area contributed by atoms with Gasteiger partial charge in [0.15, 0.2) is 5.82 Å². The van der Waals surface area contributed by atoms with Crippen molar-refractivity contribution in [2.45, 2.75) is 6.92 Å². The molecule has 16 heavy (non-hydrogen) atoms. The zero-order valence-corrected chi connectivity index (χ0v) is 9.61. The van der Waals surface area contributed by atoms with E-state index in [0.717, 1.165) is 6.07 Å². The largest absolute Gasteiger partial charge is 0.328 e. The number of urea groups is 1. The molecule has 1 rings (SSSR count). The number of hydrogen-bond acceptors (Lipinski definition) is 1. The summed E-state index contributed by atoms with van der Waals surface area (Å²) in [6, 6.07) is 1.09. The lowest BCUT2D eigenvalue weighted by atomic mass is 10.3. The number of benzene rings is 1. The lowest BCUT2D eigenvalue weighted by Gasteiger charge is -2.16. The van der Waals surface area contributed by atoms with Crippen molar-refractivity contribution in [2.24, 2.45) is 0 Å². The Morgan fingerprint density at radius 2 is 2.12 bits per heavy atom. The van der Waals surface area contributed by atoms with E-state index >= 15 is 0 Å². The van der Waals surface area contributed by atoms with E-state index in [9.17, 15) is 13.6 Å². The number of carbonyl (C=O) groups excluding carboxylic acids is 1. The minimum atomic E-state index is -0.900. The van der Waals surface area contributed by atoms with Crippen LogP contribution in [-0.4, -0.2) is 24.5 Å². The Hall–Kier alpha value is -1.36. The van der Waals surface area contributed by atoms with Crippen molar-refractivity contribution in [1.82, 2.24) is 4.90 Å². The first-order valence-electron chi connectivity index (χ1n) is 4.62. The molecule has 0 unspecified atom stereocenters. The minimum absolute atomic E-state index is 0.171. The average Bonchev–Trinajstić information content (AvgIpc) is 2.21. The molecule has 0 aromatic heterocycles. The molecular formula is C10H11ClF2N2O. The number of nitrogens with zero attached hydrogens (tertiary/aromatic N) is 1. The van der Waals surface area contributed by atoms with E-state index < -0.39 is 17.7 Å². The summed E-state index contributed by atoms with van der Waals surface area (Å²) in [5, 5.41) is 2.10. The van der Waals surface area contributed by atoms with Gasteiger partial charge in [0.25, 0.3) is 0 Å². The van der Waals surface area contributed by atoms with Crippen molar-refractivity contribution in [3.63, 3.8) is 0 Å². The van der Waals surface area contributed by atoms with Crippen molar-refractivity contribution < 1.29 is 13.6 Å². The third-order valence-corrected chi connectivity index (χ3v) is 2.36. The zero-order valence-electron chi connectivity index (χ0n) is 8.85. The molecule has 0 aliphatic rings. The summed E-state index contributed by atoms with van der Waals surface area (Å²) in [6.07, 6.45) is 0. The summed E-state index contributed by atoms with van der Waals surface area (Å²) in [7, 11) is 1.55. The van der Waals surface area contributed by atoms with E-state index in [1.807, 2.05) is 0 Å². The van der Waals surface area contributed by atoms with Crippen LogP contribution >= 0.6 is 11.6 Å². The Kier molecular flexibility index (Phi) is 4.06. The second kappa shape index (κ2) is 5.12. The van der Waals surface area contributed by atoms with Crippen molar-refractivity contribution in [1.29, 1.82) is 0 Å². The topological polar surface area (TPSA) is 32.3 Å². The first kappa shape index (κ1) is 12.7. The molecule has 0 aliphatic carbocycles. The predicted molar refractivity (Wildman–Crippen MR) is 58.7 cm³/mol. The SMILES string of the molecule is CCN(C)C(=O)Nc1c(F)cc(F)cc1Cl. The molecule has 0 atom stereocenters. The van der Waals surface area contributed by atoms with Gasteiger partial charge < -0.3 is 10.2 Å². The van der Waals surface area contributed by atoms with Gasteiger partial charge in [-0.05, 0) is 13.0 Å². The van der Waals surface area contributed by atoms with Gasteiger partial charge in [-0.15, -0.1) is 0 Å². The van der Waals surface area contributed by atoms with E-state index in [1.54, 1.807) is 14.0 Å². The van der Waals surface area contributed by atoms with Gasteiger partial charge in [-0.25, -0.2) is 13.6 Å². The van der Waals surface area contributed by atoms with Gasteiger partial charge in [0.2, 0.25) is 0 Å². The molecule has 0 heterocycles. The standard InChI is InChI=1S/C10H11ClF2N2O/c1-3-15(2)10(16)14-9-7(11)4-6(12)5-8(9)13/h4-5H,3H2,1-2H3,(H,14,16). The van der Waals surface area contributed by atoms with Crippen LogP contribution in [0.2, 0.25) is 5.02 Å². The number of halogens is 3. The van der Waals surface area contributed by atoms with E-state index in [2.05, 4.69) is 5.32 Å². The molecule has 0 fully saturated rings. The van der Waals surface area contributed by atoms with Gasteiger partial charge in [0.05, 0.1) is 10.7 Å². The molecule has 0 radical (unpaired) electrons. The van der Waals surface area contributed by atoms with Gasteiger partial charge in [-0.1, -0.05) is 11.6 Å². The zero-order chi connectivity index (χ0) is 12.3. The van der Waals surface area contributed by atoms with Gasteiger partial charge in [-0.2, -0.15) is 0 Å². The Morgan fingerprint density at radius 3 is 2.62 bits per heavy atom. The summed E-state index contributed by atoms with van der Waals surface area (Å²) >= 11 is 5.61. The third-order valence-electron chi connectivity index (χ3n) is 2.06. The molecule has 1 aromatic rings. The second-order valence-electron chi connectivity index (χ2n) is 3.19. The van der Waals surface area contributed by atoms with E-state index in [4.69, 9.17) is 11.6 Å². The molecule has 6 heteroatoms. The molecule has 0 spiro atoms. The maximum atomic E-state index is 13.3. The molecule has 0 aliphatic heterocycles. The molecule has 88 valence electrons. The molecule has 2 amide bonds. The monoisotopic (exact) mass is 248 g/mol. The van der Waals surface area contributed by atoms with E-state index in [0.29, 0.717) is 12.6 Å². The van der Waals surface area contributed by atoms with Crippen molar-refractivity contribution in [2.75, 3.05) is 18.9 Å². The smallest absolute Gasteiger partial charge is 0.321 e. The van der Waals surface area contributed by atoms with Gasteiger partial charge in [0.1, 0.15) is 5.82 Å².